The number of pyridine rings is 1. The fraction of sp³-hybridized carbons (Fsp3) is 0.160. The van der Waals surface area contributed by atoms with Crippen LogP contribution in [0.3, 0.4) is 0 Å². The second-order valence-corrected chi connectivity index (χ2v) is 10.2. The smallest absolute Gasteiger partial charge is 0.414 e. The largest absolute Gasteiger partial charge is 0.503 e. The molecule has 16 heteroatoms. The summed E-state index contributed by atoms with van der Waals surface area (Å²) in [5.74, 6) is -3.80. The average molecular weight is 607 g/mol. The first-order valence-corrected chi connectivity index (χ1v) is 13.4. The van der Waals surface area contributed by atoms with Gasteiger partial charge in [-0.05, 0) is 48.4 Å². The van der Waals surface area contributed by atoms with Crippen molar-refractivity contribution < 1.29 is 47.3 Å². The van der Waals surface area contributed by atoms with Gasteiger partial charge in [-0.25, -0.2) is 22.9 Å². The predicted octanol–water partition coefficient (Wildman–Crippen LogP) is 1.71. The van der Waals surface area contributed by atoms with Crippen molar-refractivity contribution in [2.75, 3.05) is 20.2 Å². The van der Waals surface area contributed by atoms with Gasteiger partial charge in [-0.2, -0.15) is 0 Å². The summed E-state index contributed by atoms with van der Waals surface area (Å²) in [7, 11) is -2.85. The Balaban J connectivity index is 1.57. The van der Waals surface area contributed by atoms with E-state index in [9.17, 15) is 32.7 Å². The van der Waals surface area contributed by atoms with Crippen molar-refractivity contribution in [3.8, 4) is 17.4 Å². The number of amides is 3. The van der Waals surface area contributed by atoms with Crippen LogP contribution in [0.1, 0.15) is 26.3 Å². The number of aromatic nitrogens is 1. The molecule has 0 spiro atoms. The minimum atomic E-state index is -4.32. The molecule has 216 valence electrons. The number of carboxylic acid groups (broad SMARTS) is 1. The van der Waals surface area contributed by atoms with Crippen LogP contribution in [-0.2, 0) is 21.2 Å². The number of carbonyl (C=O) groups is 4. The van der Waals surface area contributed by atoms with Gasteiger partial charge in [-0.3, -0.25) is 14.4 Å². The third-order valence-electron chi connectivity index (χ3n) is 5.25. The summed E-state index contributed by atoms with van der Waals surface area (Å²) >= 11 is 6.08. The molecule has 0 atom stereocenters. The molecular weight excluding hydrogens is 584 g/mol. The number of halogens is 1. The Morgan fingerprint density at radius 2 is 1.71 bits per heavy atom. The summed E-state index contributed by atoms with van der Waals surface area (Å²) in [5.41, 5.74) is 0.576. The van der Waals surface area contributed by atoms with Gasteiger partial charge in [-0.1, -0.05) is 23.7 Å². The first-order valence-electron chi connectivity index (χ1n) is 11.5. The normalized spacial score (nSPS) is 10.8. The zero-order chi connectivity index (χ0) is 30.2. The number of aliphatic carboxylic acids is 1. The van der Waals surface area contributed by atoms with Gasteiger partial charge in [-0.15, -0.1) is 0 Å². The van der Waals surface area contributed by atoms with Crippen LogP contribution in [0.5, 0.6) is 17.4 Å². The minimum absolute atomic E-state index is 0.228. The Hall–Kier alpha value is -4.89. The second-order valence-electron chi connectivity index (χ2n) is 8.12. The highest BCUT2D eigenvalue weighted by Crippen LogP contribution is 2.24. The van der Waals surface area contributed by atoms with Crippen molar-refractivity contribution >= 4 is 45.5 Å². The average Bonchev–Trinajstić information content (AvgIpc) is 2.93. The lowest BCUT2D eigenvalue weighted by Crippen LogP contribution is -2.32. The lowest BCUT2D eigenvalue weighted by Gasteiger charge is -2.10. The zero-order valence-corrected chi connectivity index (χ0v) is 22.8. The van der Waals surface area contributed by atoms with Crippen LogP contribution in [-0.4, -0.2) is 67.7 Å². The maximum Gasteiger partial charge on any atom is 0.414 e. The molecule has 14 nitrogen and oxygen atoms in total. The first kappa shape index (κ1) is 30.6. The molecule has 0 bridgehead atoms. The molecule has 0 unspecified atom stereocenters. The van der Waals surface area contributed by atoms with Crippen molar-refractivity contribution in [2.45, 2.75) is 11.3 Å². The number of hydrogen-bond donors (Lipinski definition) is 5. The molecular formula is C25H23ClN4O10S. The molecule has 1 aromatic heterocycles. The SMILES string of the molecule is COc1ccc(Cl)c(C(=O)NCCc2ccc(S(=O)(=O)NC(=O)c3cnc(OC(=O)NCC(=O)O)c(O)c3)cc2)c1. The van der Waals surface area contributed by atoms with E-state index in [0.717, 1.165) is 12.3 Å². The van der Waals surface area contributed by atoms with E-state index in [2.05, 4.69) is 15.0 Å². The van der Waals surface area contributed by atoms with Crippen LogP contribution in [0, 0.1) is 0 Å². The van der Waals surface area contributed by atoms with E-state index < -0.39 is 52.1 Å². The monoisotopic (exact) mass is 606 g/mol. The predicted molar refractivity (Wildman–Crippen MR) is 143 cm³/mol. The summed E-state index contributed by atoms with van der Waals surface area (Å²) in [6.07, 6.45) is -0.00385. The number of benzene rings is 2. The second kappa shape index (κ2) is 13.5. The molecule has 0 aliphatic rings. The number of carboxylic acids is 1. The summed E-state index contributed by atoms with van der Waals surface area (Å²) < 4.78 is 36.9. The van der Waals surface area contributed by atoms with Crippen LogP contribution >= 0.6 is 11.6 Å². The van der Waals surface area contributed by atoms with Gasteiger partial charge in [0.1, 0.15) is 12.3 Å². The number of carbonyl (C=O) groups excluding carboxylic acids is 3. The Morgan fingerprint density at radius 3 is 2.34 bits per heavy atom. The molecule has 0 radical (unpaired) electrons. The van der Waals surface area contributed by atoms with Gasteiger partial charge in [0, 0.05) is 12.7 Å². The fourth-order valence-electron chi connectivity index (χ4n) is 3.21. The van der Waals surface area contributed by atoms with Crippen LogP contribution in [0.2, 0.25) is 5.02 Å². The highest BCUT2D eigenvalue weighted by molar-refractivity contribution is 7.90. The molecule has 3 amide bonds. The number of aromatic hydroxyl groups is 1. The molecule has 0 aliphatic carbocycles. The van der Waals surface area contributed by atoms with Crippen LogP contribution in [0.4, 0.5) is 4.79 Å². The van der Waals surface area contributed by atoms with Crippen LogP contribution in [0.25, 0.3) is 0 Å². The Labute approximate surface area is 238 Å². The topological polar surface area (TPSA) is 210 Å². The van der Waals surface area contributed by atoms with E-state index in [1.165, 1.54) is 37.4 Å². The molecule has 3 aromatic rings. The molecule has 3 rings (SSSR count). The van der Waals surface area contributed by atoms with Gasteiger partial charge in [0.2, 0.25) is 0 Å². The van der Waals surface area contributed by atoms with E-state index in [1.54, 1.807) is 12.1 Å². The third-order valence-corrected chi connectivity index (χ3v) is 6.92. The van der Waals surface area contributed by atoms with E-state index in [-0.39, 0.29) is 27.6 Å². The summed E-state index contributed by atoms with van der Waals surface area (Å²) in [5, 5.41) is 23.4. The van der Waals surface area contributed by atoms with Gasteiger partial charge in [0.25, 0.3) is 27.7 Å². The van der Waals surface area contributed by atoms with Crippen LogP contribution < -0.4 is 24.8 Å². The zero-order valence-electron chi connectivity index (χ0n) is 21.2. The van der Waals surface area contributed by atoms with Gasteiger partial charge < -0.3 is 30.3 Å². The Bertz CT molecular complexity index is 1580. The van der Waals surface area contributed by atoms with Crippen LogP contribution in [0.15, 0.2) is 59.6 Å². The minimum Gasteiger partial charge on any atom is -0.503 e. The summed E-state index contributed by atoms with van der Waals surface area (Å²) in [6, 6.07) is 11.1. The quantitative estimate of drug-likeness (QED) is 0.212. The summed E-state index contributed by atoms with van der Waals surface area (Å²) in [4.78, 5) is 50.2. The maximum absolute atomic E-state index is 12.7. The van der Waals surface area contributed by atoms with Crippen molar-refractivity contribution in [1.82, 2.24) is 20.3 Å². The van der Waals surface area contributed by atoms with Crippen molar-refractivity contribution in [3.05, 3.63) is 76.4 Å². The van der Waals surface area contributed by atoms with E-state index >= 15 is 0 Å². The van der Waals surface area contributed by atoms with Gasteiger partial charge in [0.15, 0.2) is 5.75 Å². The molecule has 2 aromatic carbocycles. The molecule has 0 saturated heterocycles. The standard InChI is InChI=1S/C25H23ClN4O10S/c1-39-16-4-7-19(26)18(11-16)23(35)27-9-8-14-2-5-17(6-3-14)41(37,38)30-22(34)15-10-20(31)24(28-12-15)40-25(36)29-13-21(32)33/h2-7,10-12,31H,8-9,13H2,1H3,(H,27,35)(H,29,36)(H,30,34)(H,32,33). The number of hydrogen-bond acceptors (Lipinski definition) is 10. The maximum atomic E-state index is 12.7. The lowest BCUT2D eigenvalue weighted by atomic mass is 10.1. The summed E-state index contributed by atoms with van der Waals surface area (Å²) in [6.45, 7) is -0.512. The number of methoxy groups -OCH3 is 1. The van der Waals surface area contributed by atoms with Gasteiger partial charge >= 0.3 is 12.1 Å². The highest BCUT2D eigenvalue weighted by atomic mass is 35.5. The molecule has 5 N–H and O–H groups in total. The third kappa shape index (κ3) is 8.55. The molecule has 41 heavy (non-hydrogen) atoms. The number of ether oxygens (including phenoxy) is 2. The fourth-order valence-corrected chi connectivity index (χ4v) is 4.39. The number of nitrogens with zero attached hydrogens (tertiary/aromatic N) is 1. The molecule has 0 aliphatic heterocycles. The lowest BCUT2D eigenvalue weighted by molar-refractivity contribution is -0.135. The molecule has 0 saturated carbocycles. The van der Waals surface area contributed by atoms with E-state index in [0.29, 0.717) is 17.7 Å². The Kier molecular flexibility index (Phi) is 10.1. The number of nitrogens with one attached hydrogen (secondary N) is 3. The van der Waals surface area contributed by atoms with Gasteiger partial charge in [0.05, 0.1) is 28.2 Å². The van der Waals surface area contributed by atoms with Crippen molar-refractivity contribution in [2.24, 2.45) is 0 Å². The van der Waals surface area contributed by atoms with Crippen molar-refractivity contribution in [3.63, 3.8) is 0 Å². The van der Waals surface area contributed by atoms with E-state index in [1.807, 2.05) is 10.0 Å². The molecule has 0 fully saturated rings. The number of sulfonamides is 1. The molecule has 1 heterocycles. The van der Waals surface area contributed by atoms with Crippen molar-refractivity contribution in [1.29, 1.82) is 0 Å². The number of rotatable bonds is 11. The van der Waals surface area contributed by atoms with E-state index in [4.69, 9.17) is 21.4 Å². The highest BCUT2D eigenvalue weighted by Gasteiger charge is 2.21. The Morgan fingerprint density at radius 1 is 1.00 bits per heavy atom. The first-order chi connectivity index (χ1) is 19.4.